The van der Waals surface area contributed by atoms with Crippen LogP contribution in [0.5, 0.6) is 5.75 Å². The highest BCUT2D eigenvalue weighted by Crippen LogP contribution is 2.30. The molecular weight excluding hydrogens is 393 g/mol. The molecule has 11 heteroatoms. The van der Waals surface area contributed by atoms with Gasteiger partial charge in [0.25, 0.3) is 0 Å². The molecule has 1 aliphatic heterocycles. The molecule has 1 unspecified atom stereocenters. The lowest BCUT2D eigenvalue weighted by Gasteiger charge is -2.23. The first-order valence-corrected chi connectivity index (χ1v) is 10.3. The van der Waals surface area contributed by atoms with Gasteiger partial charge in [-0.25, -0.2) is 8.42 Å². The second-order valence-corrected chi connectivity index (χ2v) is 8.96. The largest absolute Gasteiger partial charge is 0.573 e. The number of nitrogens with zero attached hydrogens (tertiary/aromatic N) is 1. The molecule has 0 aromatic heterocycles. The van der Waals surface area contributed by atoms with Crippen molar-refractivity contribution in [3.63, 3.8) is 0 Å². The standard InChI is InChI=1S/C15H19F3N2O4S2/c1-10(2)7-19-14(21)13-8-25-9-20(13)26(22,23)12-5-3-11(4-6-12)24-15(16,17)18/h3-6,10,13H,7-9H2,1-2H3,(H,19,21). The predicted molar refractivity (Wildman–Crippen MR) is 91.1 cm³/mol. The van der Waals surface area contributed by atoms with Crippen LogP contribution in [0, 0.1) is 5.92 Å². The van der Waals surface area contributed by atoms with Crippen molar-refractivity contribution in [3.05, 3.63) is 24.3 Å². The lowest BCUT2D eigenvalue weighted by molar-refractivity contribution is -0.274. The Bertz CT molecular complexity index is 736. The number of alkyl halides is 3. The molecule has 1 amide bonds. The minimum Gasteiger partial charge on any atom is -0.406 e. The molecule has 0 saturated carbocycles. The molecule has 1 aromatic carbocycles. The highest BCUT2D eigenvalue weighted by atomic mass is 32.2. The van der Waals surface area contributed by atoms with Crippen molar-refractivity contribution in [3.8, 4) is 5.75 Å². The van der Waals surface area contributed by atoms with Gasteiger partial charge in [-0.3, -0.25) is 4.79 Å². The number of ether oxygens (including phenoxy) is 1. The minimum atomic E-state index is -4.86. The Hall–Kier alpha value is -1.46. The van der Waals surface area contributed by atoms with Crippen molar-refractivity contribution in [2.75, 3.05) is 18.2 Å². The van der Waals surface area contributed by atoms with E-state index in [4.69, 9.17) is 0 Å². The maximum absolute atomic E-state index is 12.8. The number of carbonyl (C=O) groups is 1. The summed E-state index contributed by atoms with van der Waals surface area (Å²) in [6.45, 7) is 4.27. The number of benzene rings is 1. The molecule has 0 spiro atoms. The monoisotopic (exact) mass is 412 g/mol. The smallest absolute Gasteiger partial charge is 0.406 e. The number of thioether (sulfide) groups is 1. The van der Waals surface area contributed by atoms with Gasteiger partial charge in [-0.05, 0) is 30.2 Å². The third-order valence-corrected chi connectivity index (χ3v) is 6.54. The van der Waals surface area contributed by atoms with Gasteiger partial charge in [0.1, 0.15) is 11.8 Å². The summed E-state index contributed by atoms with van der Waals surface area (Å²) < 4.78 is 66.9. The van der Waals surface area contributed by atoms with E-state index < -0.39 is 28.2 Å². The summed E-state index contributed by atoms with van der Waals surface area (Å²) in [5.74, 6) is -0.261. The van der Waals surface area contributed by atoms with Gasteiger partial charge in [0.05, 0.1) is 10.8 Å². The van der Waals surface area contributed by atoms with Crippen LogP contribution in [0.2, 0.25) is 0 Å². The predicted octanol–water partition coefficient (Wildman–Crippen LogP) is 2.42. The van der Waals surface area contributed by atoms with E-state index in [0.717, 1.165) is 28.6 Å². The molecule has 146 valence electrons. The number of halogens is 3. The second kappa shape index (κ2) is 8.05. The van der Waals surface area contributed by atoms with Crippen molar-refractivity contribution in [2.24, 2.45) is 5.92 Å². The number of hydrogen-bond acceptors (Lipinski definition) is 5. The fourth-order valence-electron chi connectivity index (χ4n) is 2.24. The van der Waals surface area contributed by atoms with E-state index in [1.165, 1.54) is 11.8 Å². The van der Waals surface area contributed by atoms with Crippen LogP contribution >= 0.6 is 11.8 Å². The molecule has 1 saturated heterocycles. The van der Waals surface area contributed by atoms with E-state index in [0.29, 0.717) is 12.3 Å². The zero-order valence-corrected chi connectivity index (χ0v) is 15.7. The molecule has 0 bridgehead atoms. The van der Waals surface area contributed by atoms with Crippen LogP contribution in [0.25, 0.3) is 0 Å². The van der Waals surface area contributed by atoms with Crippen molar-refractivity contribution in [1.82, 2.24) is 9.62 Å². The van der Waals surface area contributed by atoms with E-state index in [9.17, 15) is 26.4 Å². The van der Waals surface area contributed by atoms with E-state index in [1.807, 2.05) is 13.8 Å². The third kappa shape index (κ3) is 5.27. The van der Waals surface area contributed by atoms with Crippen LogP contribution in [-0.2, 0) is 14.8 Å². The number of amides is 1. The summed E-state index contributed by atoms with van der Waals surface area (Å²) in [7, 11) is -4.02. The fourth-order valence-corrected chi connectivity index (χ4v) is 5.39. The number of rotatable bonds is 6. The van der Waals surface area contributed by atoms with Crippen molar-refractivity contribution in [2.45, 2.75) is 31.1 Å². The van der Waals surface area contributed by atoms with Crippen LogP contribution in [-0.4, -0.2) is 49.2 Å². The highest BCUT2D eigenvalue weighted by Gasteiger charge is 2.40. The maximum Gasteiger partial charge on any atom is 0.573 e. The Balaban J connectivity index is 2.16. The summed E-state index contributed by atoms with van der Waals surface area (Å²) in [4.78, 5) is 12.1. The Labute approximate surface area is 154 Å². The van der Waals surface area contributed by atoms with Gasteiger partial charge in [0.2, 0.25) is 15.9 Å². The Morgan fingerprint density at radius 3 is 2.50 bits per heavy atom. The van der Waals surface area contributed by atoms with Crippen molar-refractivity contribution < 1.29 is 31.1 Å². The number of carbonyl (C=O) groups excluding carboxylic acids is 1. The molecular formula is C15H19F3N2O4S2. The van der Waals surface area contributed by atoms with Crippen molar-refractivity contribution in [1.29, 1.82) is 0 Å². The minimum absolute atomic E-state index is 0.100. The first kappa shape index (κ1) is 20.8. The normalized spacial score (nSPS) is 18.9. The molecule has 26 heavy (non-hydrogen) atoms. The summed E-state index contributed by atoms with van der Waals surface area (Å²) in [6, 6.07) is 3.06. The van der Waals surface area contributed by atoms with Gasteiger partial charge in [0, 0.05) is 12.3 Å². The van der Waals surface area contributed by atoms with Crippen LogP contribution < -0.4 is 10.1 Å². The van der Waals surface area contributed by atoms with Gasteiger partial charge >= 0.3 is 6.36 Å². The van der Waals surface area contributed by atoms with E-state index in [1.54, 1.807) is 0 Å². The van der Waals surface area contributed by atoms with Crippen LogP contribution in [0.4, 0.5) is 13.2 Å². The average Bonchev–Trinajstić information content (AvgIpc) is 3.02. The molecule has 1 N–H and O–H groups in total. The molecule has 1 atom stereocenters. The van der Waals surface area contributed by atoms with Crippen LogP contribution in [0.3, 0.4) is 0 Å². The molecule has 1 fully saturated rings. The lowest BCUT2D eigenvalue weighted by Crippen LogP contribution is -2.47. The van der Waals surface area contributed by atoms with Crippen LogP contribution in [0.1, 0.15) is 13.8 Å². The van der Waals surface area contributed by atoms with E-state index >= 15 is 0 Å². The van der Waals surface area contributed by atoms with Crippen molar-refractivity contribution >= 4 is 27.7 Å². The number of sulfonamides is 1. The van der Waals surface area contributed by atoms with E-state index in [-0.39, 0.29) is 22.6 Å². The molecule has 0 aliphatic carbocycles. The number of hydrogen-bond donors (Lipinski definition) is 1. The maximum atomic E-state index is 12.8. The molecule has 1 aromatic rings. The van der Waals surface area contributed by atoms with Crippen LogP contribution in [0.15, 0.2) is 29.2 Å². The zero-order chi connectivity index (χ0) is 19.5. The van der Waals surface area contributed by atoms with Gasteiger partial charge in [0.15, 0.2) is 0 Å². The SMILES string of the molecule is CC(C)CNC(=O)C1CSCN1S(=O)(=O)c1ccc(OC(F)(F)F)cc1. The van der Waals surface area contributed by atoms with Gasteiger partial charge < -0.3 is 10.1 Å². The summed E-state index contributed by atoms with van der Waals surface area (Å²) >= 11 is 1.30. The quantitative estimate of drug-likeness (QED) is 0.777. The molecule has 0 radical (unpaired) electrons. The Kier molecular flexibility index (Phi) is 6.46. The van der Waals surface area contributed by atoms with Gasteiger partial charge in [-0.2, -0.15) is 4.31 Å². The Morgan fingerprint density at radius 1 is 1.35 bits per heavy atom. The first-order chi connectivity index (χ1) is 12.0. The second-order valence-electron chi connectivity index (χ2n) is 6.07. The zero-order valence-electron chi connectivity index (χ0n) is 14.1. The summed E-state index contributed by atoms with van der Waals surface area (Å²) in [5.41, 5.74) is 0. The third-order valence-electron chi connectivity index (χ3n) is 3.49. The molecule has 1 aliphatic rings. The van der Waals surface area contributed by atoms with Gasteiger partial charge in [-0.1, -0.05) is 13.8 Å². The fraction of sp³-hybridized carbons (Fsp3) is 0.533. The molecule has 1 heterocycles. The molecule has 2 rings (SSSR count). The summed E-state index contributed by atoms with van der Waals surface area (Å²) in [6.07, 6.45) is -4.86. The summed E-state index contributed by atoms with van der Waals surface area (Å²) in [5, 5.41) is 2.71. The molecule has 6 nitrogen and oxygen atoms in total. The van der Waals surface area contributed by atoms with Gasteiger partial charge in [-0.15, -0.1) is 24.9 Å². The average molecular weight is 412 g/mol. The lowest BCUT2D eigenvalue weighted by atomic mass is 10.2. The highest BCUT2D eigenvalue weighted by molar-refractivity contribution is 8.00. The number of nitrogens with one attached hydrogen (secondary N) is 1. The topological polar surface area (TPSA) is 75.7 Å². The van der Waals surface area contributed by atoms with E-state index in [2.05, 4.69) is 10.1 Å². The first-order valence-electron chi connectivity index (χ1n) is 7.74. The Morgan fingerprint density at radius 2 is 1.96 bits per heavy atom.